The number of rotatable bonds is 6. The lowest BCUT2D eigenvalue weighted by Gasteiger charge is -2.09. The lowest BCUT2D eigenvalue weighted by atomic mass is 10.1. The predicted molar refractivity (Wildman–Crippen MR) is 66.3 cm³/mol. The Morgan fingerprint density at radius 1 is 1.35 bits per heavy atom. The first-order valence-electron chi connectivity index (χ1n) is 5.68. The Kier molecular flexibility index (Phi) is 4.97. The number of carbonyl (C=O) groups is 1. The maximum Gasteiger partial charge on any atom is 0.320 e. The van der Waals surface area contributed by atoms with Crippen LogP contribution in [0.4, 0.5) is 0 Å². The van der Waals surface area contributed by atoms with Gasteiger partial charge in [-0.2, -0.15) is 0 Å². The van der Waals surface area contributed by atoms with E-state index in [4.69, 9.17) is 15.6 Å². The van der Waals surface area contributed by atoms with Gasteiger partial charge in [-0.05, 0) is 49.9 Å². The summed E-state index contributed by atoms with van der Waals surface area (Å²) in [5.74, 6) is -0.136. The Morgan fingerprint density at radius 2 is 1.94 bits per heavy atom. The summed E-state index contributed by atoms with van der Waals surface area (Å²) < 4.78 is 5.55. The van der Waals surface area contributed by atoms with Crippen molar-refractivity contribution in [3.8, 4) is 5.75 Å². The standard InChI is InChI=1S/C13H19NO3/c1-9-6-10(2)8-11(7-9)17-5-3-4-12(14)13(15)16/h6-8,12H,3-5,14H2,1-2H3,(H,15,16). The zero-order valence-corrected chi connectivity index (χ0v) is 10.3. The van der Waals surface area contributed by atoms with Gasteiger partial charge in [-0.15, -0.1) is 0 Å². The molecule has 0 saturated heterocycles. The monoisotopic (exact) mass is 237 g/mol. The van der Waals surface area contributed by atoms with Crippen LogP contribution in [0.2, 0.25) is 0 Å². The van der Waals surface area contributed by atoms with E-state index in [1.54, 1.807) is 0 Å². The minimum atomic E-state index is -0.962. The highest BCUT2D eigenvalue weighted by Gasteiger charge is 2.10. The van der Waals surface area contributed by atoms with Gasteiger partial charge < -0.3 is 15.6 Å². The van der Waals surface area contributed by atoms with Crippen LogP contribution in [0, 0.1) is 13.8 Å². The SMILES string of the molecule is Cc1cc(C)cc(OCCCC(N)C(=O)O)c1. The molecule has 3 N–H and O–H groups in total. The maximum atomic E-state index is 10.5. The third kappa shape index (κ3) is 4.87. The summed E-state index contributed by atoms with van der Waals surface area (Å²) in [5, 5.41) is 8.61. The van der Waals surface area contributed by atoms with Crippen LogP contribution < -0.4 is 10.5 Å². The van der Waals surface area contributed by atoms with Gasteiger partial charge in [0.15, 0.2) is 0 Å². The van der Waals surface area contributed by atoms with E-state index < -0.39 is 12.0 Å². The van der Waals surface area contributed by atoms with Crippen molar-refractivity contribution in [3.05, 3.63) is 29.3 Å². The van der Waals surface area contributed by atoms with E-state index in [0.29, 0.717) is 19.4 Å². The van der Waals surface area contributed by atoms with Crippen LogP contribution in [0.25, 0.3) is 0 Å². The third-order valence-corrected chi connectivity index (χ3v) is 2.44. The summed E-state index contributed by atoms with van der Waals surface area (Å²) in [6.45, 7) is 4.52. The van der Waals surface area contributed by atoms with Crippen LogP contribution in [0.5, 0.6) is 5.75 Å². The van der Waals surface area contributed by atoms with Crippen LogP contribution in [0.1, 0.15) is 24.0 Å². The Balaban J connectivity index is 2.33. The van der Waals surface area contributed by atoms with Crippen molar-refractivity contribution in [1.82, 2.24) is 0 Å². The van der Waals surface area contributed by atoms with Crippen molar-refractivity contribution in [3.63, 3.8) is 0 Å². The second kappa shape index (κ2) is 6.25. The zero-order valence-electron chi connectivity index (χ0n) is 10.3. The molecule has 0 heterocycles. The summed E-state index contributed by atoms with van der Waals surface area (Å²) in [4.78, 5) is 10.5. The van der Waals surface area contributed by atoms with E-state index in [2.05, 4.69) is 6.07 Å². The molecule has 1 atom stereocenters. The maximum absolute atomic E-state index is 10.5. The minimum absolute atomic E-state index is 0.431. The Morgan fingerprint density at radius 3 is 2.47 bits per heavy atom. The number of carboxylic acids is 1. The average Bonchev–Trinajstić information content (AvgIpc) is 2.22. The molecular weight excluding hydrogens is 218 g/mol. The summed E-state index contributed by atoms with van der Waals surface area (Å²) in [6.07, 6.45) is 1.07. The number of ether oxygens (including phenoxy) is 1. The van der Waals surface area contributed by atoms with E-state index in [9.17, 15) is 4.79 Å². The van der Waals surface area contributed by atoms with Crippen molar-refractivity contribution in [2.24, 2.45) is 5.73 Å². The lowest BCUT2D eigenvalue weighted by molar-refractivity contribution is -0.138. The highest BCUT2D eigenvalue weighted by Crippen LogP contribution is 2.16. The highest BCUT2D eigenvalue weighted by molar-refractivity contribution is 5.72. The number of hydrogen-bond donors (Lipinski definition) is 2. The van der Waals surface area contributed by atoms with Crippen LogP contribution in [-0.2, 0) is 4.79 Å². The van der Waals surface area contributed by atoms with Crippen molar-refractivity contribution in [2.45, 2.75) is 32.7 Å². The van der Waals surface area contributed by atoms with E-state index >= 15 is 0 Å². The molecular formula is C13H19NO3. The minimum Gasteiger partial charge on any atom is -0.494 e. The van der Waals surface area contributed by atoms with Gasteiger partial charge in [0.25, 0.3) is 0 Å². The molecule has 1 aromatic carbocycles. The van der Waals surface area contributed by atoms with Crippen LogP contribution in [-0.4, -0.2) is 23.7 Å². The van der Waals surface area contributed by atoms with Crippen LogP contribution in [0.15, 0.2) is 18.2 Å². The van der Waals surface area contributed by atoms with E-state index in [0.717, 1.165) is 16.9 Å². The average molecular weight is 237 g/mol. The van der Waals surface area contributed by atoms with Crippen molar-refractivity contribution < 1.29 is 14.6 Å². The summed E-state index contributed by atoms with van der Waals surface area (Å²) in [7, 11) is 0. The molecule has 0 aliphatic carbocycles. The normalized spacial score (nSPS) is 12.2. The predicted octanol–water partition coefficient (Wildman–Crippen LogP) is 1.87. The highest BCUT2D eigenvalue weighted by atomic mass is 16.5. The van der Waals surface area contributed by atoms with Gasteiger partial charge in [0.2, 0.25) is 0 Å². The number of nitrogens with two attached hydrogens (primary N) is 1. The number of aryl methyl sites for hydroxylation is 2. The molecule has 0 bridgehead atoms. The van der Waals surface area contributed by atoms with E-state index in [1.165, 1.54) is 0 Å². The van der Waals surface area contributed by atoms with Crippen LogP contribution >= 0.6 is 0 Å². The number of carboxylic acid groups (broad SMARTS) is 1. The lowest BCUT2D eigenvalue weighted by Crippen LogP contribution is -2.30. The Labute approximate surface area is 101 Å². The fraction of sp³-hybridized carbons (Fsp3) is 0.462. The quantitative estimate of drug-likeness (QED) is 0.741. The van der Waals surface area contributed by atoms with E-state index in [1.807, 2.05) is 26.0 Å². The van der Waals surface area contributed by atoms with Crippen LogP contribution in [0.3, 0.4) is 0 Å². The van der Waals surface area contributed by atoms with Gasteiger partial charge >= 0.3 is 5.97 Å². The van der Waals surface area contributed by atoms with Crippen molar-refractivity contribution >= 4 is 5.97 Å². The second-order valence-electron chi connectivity index (χ2n) is 4.26. The molecule has 0 radical (unpaired) electrons. The molecule has 4 nitrogen and oxygen atoms in total. The first-order chi connectivity index (χ1) is 7.99. The van der Waals surface area contributed by atoms with Crippen molar-refractivity contribution in [1.29, 1.82) is 0 Å². The molecule has 0 aliphatic rings. The van der Waals surface area contributed by atoms with Crippen molar-refractivity contribution in [2.75, 3.05) is 6.61 Å². The van der Waals surface area contributed by atoms with Gasteiger partial charge in [0.05, 0.1) is 6.61 Å². The number of benzene rings is 1. The molecule has 94 valence electrons. The second-order valence-corrected chi connectivity index (χ2v) is 4.26. The largest absolute Gasteiger partial charge is 0.494 e. The fourth-order valence-electron chi connectivity index (χ4n) is 1.63. The number of aliphatic carboxylic acids is 1. The van der Waals surface area contributed by atoms with Gasteiger partial charge in [-0.3, -0.25) is 4.79 Å². The molecule has 1 aromatic rings. The molecule has 0 aliphatic heterocycles. The van der Waals surface area contributed by atoms with E-state index in [-0.39, 0.29) is 0 Å². The topological polar surface area (TPSA) is 72.5 Å². The Hall–Kier alpha value is -1.55. The molecule has 0 aromatic heterocycles. The molecule has 17 heavy (non-hydrogen) atoms. The molecule has 4 heteroatoms. The number of hydrogen-bond acceptors (Lipinski definition) is 3. The molecule has 1 unspecified atom stereocenters. The zero-order chi connectivity index (χ0) is 12.8. The molecule has 0 fully saturated rings. The summed E-state index contributed by atoms with van der Waals surface area (Å²) in [6, 6.07) is 5.21. The molecule has 1 rings (SSSR count). The summed E-state index contributed by atoms with van der Waals surface area (Å²) in [5.41, 5.74) is 7.70. The first-order valence-corrected chi connectivity index (χ1v) is 5.68. The molecule has 0 spiro atoms. The molecule has 0 saturated carbocycles. The third-order valence-electron chi connectivity index (χ3n) is 2.44. The summed E-state index contributed by atoms with van der Waals surface area (Å²) >= 11 is 0. The van der Waals surface area contributed by atoms with Gasteiger partial charge in [-0.25, -0.2) is 0 Å². The van der Waals surface area contributed by atoms with Gasteiger partial charge in [0, 0.05) is 0 Å². The smallest absolute Gasteiger partial charge is 0.320 e. The van der Waals surface area contributed by atoms with Gasteiger partial charge in [0.1, 0.15) is 11.8 Å². The first kappa shape index (κ1) is 13.5. The van der Waals surface area contributed by atoms with Gasteiger partial charge in [-0.1, -0.05) is 6.07 Å². The fourth-order valence-corrected chi connectivity index (χ4v) is 1.63. The Bertz CT molecular complexity index is 370. The molecule has 0 amide bonds.